The van der Waals surface area contributed by atoms with Crippen LogP contribution in [0.4, 0.5) is 11.4 Å². The molecule has 4 aromatic rings. The Morgan fingerprint density at radius 3 is 2.76 bits per heavy atom. The fraction of sp³-hybridized carbons (Fsp3) is 0.303. The van der Waals surface area contributed by atoms with Crippen molar-refractivity contribution in [3.63, 3.8) is 0 Å². The monoisotopic (exact) mass is 568 g/mol. The summed E-state index contributed by atoms with van der Waals surface area (Å²) in [5, 5.41) is 7.30. The van der Waals surface area contributed by atoms with Crippen molar-refractivity contribution in [2.45, 2.75) is 39.2 Å². The van der Waals surface area contributed by atoms with E-state index in [9.17, 15) is 14.4 Å². The second-order valence-corrected chi connectivity index (χ2v) is 10.3. The quantitative estimate of drug-likeness (QED) is 0.132. The highest BCUT2D eigenvalue weighted by molar-refractivity contribution is 6.08. The van der Waals surface area contributed by atoms with Crippen LogP contribution in [0.2, 0.25) is 0 Å². The van der Waals surface area contributed by atoms with Crippen LogP contribution in [0.1, 0.15) is 43.5 Å². The number of nitrogens with zero attached hydrogens (tertiary/aromatic N) is 1. The van der Waals surface area contributed by atoms with E-state index in [4.69, 9.17) is 9.47 Å². The van der Waals surface area contributed by atoms with Crippen molar-refractivity contribution in [3.8, 4) is 16.9 Å². The van der Waals surface area contributed by atoms with Gasteiger partial charge in [-0.3, -0.25) is 14.4 Å². The molecule has 1 aliphatic rings. The molecule has 0 saturated carbocycles. The minimum atomic E-state index is -0.547. The number of aromatic nitrogens is 1. The average molecular weight is 569 g/mol. The lowest BCUT2D eigenvalue weighted by Crippen LogP contribution is -2.32. The van der Waals surface area contributed by atoms with E-state index in [0.29, 0.717) is 37.4 Å². The van der Waals surface area contributed by atoms with E-state index in [-0.39, 0.29) is 30.9 Å². The molecule has 1 aromatic heterocycles. The lowest BCUT2D eigenvalue weighted by molar-refractivity contribution is -0.145. The number of hydrogen-bond donors (Lipinski definition) is 3. The van der Waals surface area contributed by atoms with Crippen LogP contribution in [-0.2, 0) is 14.3 Å². The molecular weight excluding hydrogens is 532 g/mol. The van der Waals surface area contributed by atoms with E-state index in [1.54, 1.807) is 6.92 Å². The number of hydrogen-bond acceptors (Lipinski definition) is 6. The van der Waals surface area contributed by atoms with Crippen LogP contribution in [0.15, 0.2) is 72.9 Å². The van der Waals surface area contributed by atoms with Crippen LogP contribution in [0.3, 0.4) is 0 Å². The Bertz CT molecular complexity index is 1580. The van der Waals surface area contributed by atoms with Gasteiger partial charge in [0.25, 0.3) is 5.91 Å². The van der Waals surface area contributed by atoms with Gasteiger partial charge in [0, 0.05) is 42.0 Å². The van der Waals surface area contributed by atoms with Crippen LogP contribution < -0.4 is 20.3 Å². The number of H-pyrrole nitrogens is 1. The number of ether oxygens (including phenoxy) is 2. The SMILES string of the molecule is CCOC(=O)CC(=O)NCCCOc1cc(C(=O)N2CC[C@H](C)Nc3ccccc32)ccc1-c1ccc2[nH]ccc2c1. The number of anilines is 2. The smallest absolute Gasteiger partial charge is 0.315 e. The molecule has 218 valence electrons. The molecule has 0 radical (unpaired) electrons. The first kappa shape index (κ1) is 28.7. The molecule has 0 spiro atoms. The minimum Gasteiger partial charge on any atom is -0.493 e. The van der Waals surface area contributed by atoms with E-state index in [2.05, 4.69) is 28.6 Å². The first-order valence-corrected chi connectivity index (χ1v) is 14.4. The molecule has 0 saturated heterocycles. The summed E-state index contributed by atoms with van der Waals surface area (Å²) >= 11 is 0. The predicted molar refractivity (Wildman–Crippen MR) is 164 cm³/mol. The van der Waals surface area contributed by atoms with Crippen LogP contribution in [0, 0.1) is 0 Å². The zero-order valence-corrected chi connectivity index (χ0v) is 23.9. The number of nitrogens with one attached hydrogen (secondary N) is 3. The zero-order valence-electron chi connectivity index (χ0n) is 23.9. The average Bonchev–Trinajstić information content (AvgIpc) is 3.38. The van der Waals surface area contributed by atoms with E-state index in [1.807, 2.05) is 71.8 Å². The molecule has 0 bridgehead atoms. The minimum absolute atomic E-state index is 0.0953. The van der Waals surface area contributed by atoms with E-state index in [1.165, 1.54) is 0 Å². The van der Waals surface area contributed by atoms with Gasteiger partial charge < -0.3 is 30.0 Å². The highest BCUT2D eigenvalue weighted by Crippen LogP contribution is 2.35. The van der Waals surface area contributed by atoms with Crippen molar-refractivity contribution in [1.82, 2.24) is 10.3 Å². The number of rotatable bonds is 10. The summed E-state index contributed by atoms with van der Waals surface area (Å²) in [6.07, 6.45) is 2.93. The molecule has 5 rings (SSSR count). The van der Waals surface area contributed by atoms with Gasteiger partial charge in [-0.15, -0.1) is 0 Å². The van der Waals surface area contributed by atoms with Crippen LogP contribution in [0.25, 0.3) is 22.0 Å². The predicted octanol–water partition coefficient (Wildman–Crippen LogP) is 5.52. The molecule has 0 aliphatic carbocycles. The maximum Gasteiger partial charge on any atom is 0.315 e. The Labute approximate surface area is 245 Å². The van der Waals surface area contributed by atoms with Crippen molar-refractivity contribution < 1.29 is 23.9 Å². The second kappa shape index (κ2) is 13.2. The third kappa shape index (κ3) is 6.74. The maximum absolute atomic E-state index is 13.9. The van der Waals surface area contributed by atoms with Gasteiger partial charge in [-0.25, -0.2) is 0 Å². The first-order chi connectivity index (χ1) is 20.4. The van der Waals surface area contributed by atoms with Crippen molar-refractivity contribution in [2.75, 3.05) is 36.5 Å². The molecular formula is C33H36N4O5. The molecule has 1 aliphatic heterocycles. The number of benzene rings is 3. The topological polar surface area (TPSA) is 113 Å². The summed E-state index contributed by atoms with van der Waals surface area (Å²) in [7, 11) is 0. The Balaban J connectivity index is 1.36. The maximum atomic E-state index is 13.9. The van der Waals surface area contributed by atoms with Gasteiger partial charge in [0.2, 0.25) is 5.91 Å². The van der Waals surface area contributed by atoms with Crippen molar-refractivity contribution in [3.05, 3.63) is 78.5 Å². The largest absolute Gasteiger partial charge is 0.493 e. The van der Waals surface area contributed by atoms with Crippen LogP contribution in [-0.4, -0.2) is 55.1 Å². The van der Waals surface area contributed by atoms with Crippen molar-refractivity contribution >= 4 is 40.1 Å². The van der Waals surface area contributed by atoms with Gasteiger partial charge in [-0.05, 0) is 86.2 Å². The summed E-state index contributed by atoms with van der Waals surface area (Å²) in [4.78, 5) is 42.5. The molecule has 42 heavy (non-hydrogen) atoms. The Morgan fingerprint density at radius 2 is 1.90 bits per heavy atom. The summed E-state index contributed by atoms with van der Waals surface area (Å²) in [5.74, 6) is -0.442. The highest BCUT2D eigenvalue weighted by Gasteiger charge is 2.25. The standard InChI is InChI=1S/C33H36N4O5/c1-3-41-32(39)21-31(38)35-15-6-18-42-30-20-25(9-11-26(30)23-10-12-27-24(19-23)13-16-34-27)33(40)37-17-14-22(2)36-28-7-4-5-8-29(28)37/h4-5,7-13,16,19-20,22,34,36H,3,6,14-15,17-18,21H2,1-2H3,(H,35,38)/t22-/m0/s1. The number of esters is 1. The lowest BCUT2D eigenvalue weighted by atomic mass is 10.0. The third-order valence-corrected chi connectivity index (χ3v) is 7.23. The van der Waals surface area contributed by atoms with Crippen LogP contribution >= 0.6 is 0 Å². The molecule has 3 N–H and O–H groups in total. The molecule has 9 heteroatoms. The van der Waals surface area contributed by atoms with E-state index < -0.39 is 5.97 Å². The Morgan fingerprint density at radius 1 is 1.05 bits per heavy atom. The number of amides is 2. The summed E-state index contributed by atoms with van der Waals surface area (Å²) in [6, 6.07) is 21.9. The second-order valence-electron chi connectivity index (χ2n) is 10.3. The van der Waals surface area contributed by atoms with Gasteiger partial charge in [0.05, 0.1) is 24.6 Å². The summed E-state index contributed by atoms with van der Waals surface area (Å²) in [5.41, 5.74) is 5.20. The van der Waals surface area contributed by atoms with Crippen molar-refractivity contribution in [1.29, 1.82) is 0 Å². The molecule has 0 unspecified atom stereocenters. The number of aromatic amines is 1. The normalized spacial score (nSPS) is 14.4. The molecule has 3 aromatic carbocycles. The number of fused-ring (bicyclic) bond motifs is 2. The van der Waals surface area contributed by atoms with Crippen molar-refractivity contribution in [2.24, 2.45) is 0 Å². The van der Waals surface area contributed by atoms with Gasteiger partial charge >= 0.3 is 5.97 Å². The van der Waals surface area contributed by atoms with E-state index in [0.717, 1.165) is 39.8 Å². The first-order valence-electron chi connectivity index (χ1n) is 14.4. The van der Waals surface area contributed by atoms with E-state index >= 15 is 0 Å². The van der Waals surface area contributed by atoms with Gasteiger partial charge in [0.15, 0.2) is 0 Å². The fourth-order valence-corrected chi connectivity index (χ4v) is 5.10. The number of carbonyl (C=O) groups excluding carboxylic acids is 3. The highest BCUT2D eigenvalue weighted by atomic mass is 16.5. The third-order valence-electron chi connectivity index (χ3n) is 7.23. The summed E-state index contributed by atoms with van der Waals surface area (Å²) in [6.45, 7) is 5.30. The molecule has 1 atom stereocenters. The van der Waals surface area contributed by atoms with Crippen LogP contribution in [0.5, 0.6) is 5.75 Å². The van der Waals surface area contributed by atoms with Gasteiger partial charge in [-0.1, -0.05) is 18.2 Å². The Kier molecular flexibility index (Phi) is 9.06. The lowest BCUT2D eigenvalue weighted by Gasteiger charge is -2.23. The van der Waals surface area contributed by atoms with Gasteiger partial charge in [0.1, 0.15) is 12.2 Å². The molecule has 2 amide bonds. The Hall–Kier alpha value is -4.79. The summed E-state index contributed by atoms with van der Waals surface area (Å²) < 4.78 is 11.1. The number of carbonyl (C=O) groups is 3. The van der Waals surface area contributed by atoms with Gasteiger partial charge in [-0.2, -0.15) is 0 Å². The molecule has 9 nitrogen and oxygen atoms in total. The number of para-hydroxylation sites is 2. The molecule has 2 heterocycles. The molecule has 0 fully saturated rings. The fourth-order valence-electron chi connectivity index (χ4n) is 5.10. The zero-order chi connectivity index (χ0) is 29.5.